The third kappa shape index (κ3) is 5.83. The van der Waals surface area contributed by atoms with Crippen molar-refractivity contribution < 1.29 is 14.3 Å². The molecular formula is C15H21N3O3. The number of rotatable bonds is 6. The van der Waals surface area contributed by atoms with E-state index in [1.54, 1.807) is 12.1 Å². The highest BCUT2D eigenvalue weighted by Crippen LogP contribution is 2.07. The summed E-state index contributed by atoms with van der Waals surface area (Å²) in [6.45, 7) is 1.61. The minimum Gasteiger partial charge on any atom is -0.484 e. The molecule has 0 saturated carbocycles. The molecule has 2 N–H and O–H groups in total. The number of para-hydroxylation sites is 1. The summed E-state index contributed by atoms with van der Waals surface area (Å²) < 4.78 is 5.30. The van der Waals surface area contributed by atoms with Crippen LogP contribution >= 0.6 is 0 Å². The van der Waals surface area contributed by atoms with Crippen LogP contribution in [0.25, 0.3) is 0 Å². The first-order chi connectivity index (χ1) is 10.2. The van der Waals surface area contributed by atoms with Crippen LogP contribution in [0.15, 0.2) is 30.3 Å². The van der Waals surface area contributed by atoms with E-state index < -0.39 is 0 Å². The normalized spacial score (nSPS) is 15.2. The summed E-state index contributed by atoms with van der Waals surface area (Å²) in [5, 5.41) is 4.44. The van der Waals surface area contributed by atoms with Crippen LogP contribution in [0.5, 0.6) is 5.75 Å². The van der Waals surface area contributed by atoms with Crippen molar-refractivity contribution in [3.8, 4) is 5.75 Å². The summed E-state index contributed by atoms with van der Waals surface area (Å²) >= 11 is 0. The first kappa shape index (κ1) is 15.3. The van der Waals surface area contributed by atoms with Crippen molar-refractivity contribution in [2.75, 3.05) is 26.2 Å². The lowest BCUT2D eigenvalue weighted by Gasteiger charge is -2.26. The first-order valence-electron chi connectivity index (χ1n) is 7.23. The van der Waals surface area contributed by atoms with Crippen LogP contribution in [0.4, 0.5) is 0 Å². The Kier molecular flexibility index (Phi) is 6.02. The molecule has 1 aromatic carbocycles. The molecule has 0 aliphatic carbocycles. The Balaban J connectivity index is 1.60. The second kappa shape index (κ2) is 8.26. The van der Waals surface area contributed by atoms with Gasteiger partial charge in [-0.2, -0.15) is 0 Å². The number of piperidine rings is 1. The number of amides is 2. The summed E-state index contributed by atoms with van der Waals surface area (Å²) in [7, 11) is 0. The third-order valence-corrected chi connectivity index (χ3v) is 3.20. The molecule has 1 aromatic rings. The molecule has 0 radical (unpaired) electrons. The van der Waals surface area contributed by atoms with Gasteiger partial charge in [0.2, 0.25) is 0 Å². The number of ether oxygens (including phenoxy) is 1. The standard InChI is InChI=1S/C15H21N3O3/c19-14(17-18-9-5-2-6-10-18)11-16-15(20)12-21-13-7-3-1-4-8-13/h1,3-4,7-8H,2,5-6,9-12H2,(H,16,20)(H,17,19). The van der Waals surface area contributed by atoms with E-state index >= 15 is 0 Å². The molecule has 1 saturated heterocycles. The predicted octanol–water partition coefficient (Wildman–Crippen LogP) is 0.699. The van der Waals surface area contributed by atoms with Gasteiger partial charge < -0.3 is 10.1 Å². The molecule has 1 aliphatic heterocycles. The van der Waals surface area contributed by atoms with Crippen molar-refractivity contribution in [1.29, 1.82) is 0 Å². The highest BCUT2D eigenvalue weighted by molar-refractivity contribution is 5.85. The van der Waals surface area contributed by atoms with Crippen molar-refractivity contribution in [2.24, 2.45) is 0 Å². The van der Waals surface area contributed by atoms with Crippen molar-refractivity contribution in [3.63, 3.8) is 0 Å². The Hall–Kier alpha value is -2.08. The lowest BCUT2D eigenvalue weighted by molar-refractivity contribution is -0.129. The van der Waals surface area contributed by atoms with E-state index in [2.05, 4.69) is 10.7 Å². The lowest BCUT2D eigenvalue weighted by Crippen LogP contribution is -2.49. The second-order valence-electron chi connectivity index (χ2n) is 4.96. The minimum absolute atomic E-state index is 0.0342. The maximum atomic E-state index is 11.7. The molecule has 0 spiro atoms. The van der Waals surface area contributed by atoms with Gasteiger partial charge in [-0.25, -0.2) is 5.01 Å². The van der Waals surface area contributed by atoms with Gasteiger partial charge in [0.1, 0.15) is 5.75 Å². The summed E-state index contributed by atoms with van der Waals surface area (Å²) in [5.41, 5.74) is 2.79. The fourth-order valence-corrected chi connectivity index (χ4v) is 2.12. The third-order valence-electron chi connectivity index (χ3n) is 3.20. The van der Waals surface area contributed by atoms with Gasteiger partial charge in [-0.05, 0) is 25.0 Å². The van der Waals surface area contributed by atoms with Crippen molar-refractivity contribution in [2.45, 2.75) is 19.3 Å². The first-order valence-corrected chi connectivity index (χ1v) is 7.23. The second-order valence-corrected chi connectivity index (χ2v) is 4.96. The molecule has 0 aromatic heterocycles. The SMILES string of the molecule is O=C(COc1ccccc1)NCC(=O)NN1CCCCC1. The fraction of sp³-hybridized carbons (Fsp3) is 0.467. The van der Waals surface area contributed by atoms with Crippen LogP contribution in [0.2, 0.25) is 0 Å². The predicted molar refractivity (Wildman–Crippen MR) is 78.5 cm³/mol. The van der Waals surface area contributed by atoms with Gasteiger partial charge >= 0.3 is 0 Å². The topological polar surface area (TPSA) is 70.7 Å². The number of carbonyl (C=O) groups excluding carboxylic acids is 2. The molecular weight excluding hydrogens is 270 g/mol. The highest BCUT2D eigenvalue weighted by Gasteiger charge is 2.13. The Morgan fingerprint density at radius 3 is 2.48 bits per heavy atom. The van der Waals surface area contributed by atoms with Crippen molar-refractivity contribution in [1.82, 2.24) is 15.8 Å². The molecule has 2 rings (SSSR count). The summed E-state index contributed by atoms with van der Waals surface area (Å²) in [4.78, 5) is 23.3. The number of nitrogens with zero attached hydrogens (tertiary/aromatic N) is 1. The average molecular weight is 291 g/mol. The summed E-state index contributed by atoms with van der Waals surface area (Å²) in [6.07, 6.45) is 3.40. The van der Waals surface area contributed by atoms with Crippen LogP contribution in [-0.4, -0.2) is 43.1 Å². The van der Waals surface area contributed by atoms with Crippen molar-refractivity contribution in [3.05, 3.63) is 30.3 Å². The van der Waals surface area contributed by atoms with E-state index in [1.165, 1.54) is 6.42 Å². The smallest absolute Gasteiger partial charge is 0.258 e. The lowest BCUT2D eigenvalue weighted by atomic mass is 10.2. The number of hydrogen-bond donors (Lipinski definition) is 2. The molecule has 114 valence electrons. The maximum Gasteiger partial charge on any atom is 0.258 e. The van der Waals surface area contributed by atoms with E-state index in [9.17, 15) is 9.59 Å². The number of hydrazine groups is 1. The van der Waals surface area contributed by atoms with E-state index in [0.29, 0.717) is 5.75 Å². The minimum atomic E-state index is -0.312. The Morgan fingerprint density at radius 2 is 1.76 bits per heavy atom. The number of benzene rings is 1. The van der Waals surface area contributed by atoms with Crippen LogP contribution in [0.1, 0.15) is 19.3 Å². The molecule has 0 atom stereocenters. The fourth-order valence-electron chi connectivity index (χ4n) is 2.12. The zero-order valence-corrected chi connectivity index (χ0v) is 12.0. The van der Waals surface area contributed by atoms with E-state index in [4.69, 9.17) is 4.74 Å². The zero-order chi connectivity index (χ0) is 14.9. The van der Waals surface area contributed by atoms with Gasteiger partial charge in [-0.1, -0.05) is 24.6 Å². The van der Waals surface area contributed by atoms with Gasteiger partial charge in [0.05, 0.1) is 6.54 Å². The number of carbonyl (C=O) groups is 2. The Labute approximate surface area is 124 Å². The molecule has 21 heavy (non-hydrogen) atoms. The van der Waals surface area contributed by atoms with Gasteiger partial charge in [0, 0.05) is 13.1 Å². The molecule has 6 nitrogen and oxygen atoms in total. The van der Waals surface area contributed by atoms with Crippen LogP contribution in [-0.2, 0) is 9.59 Å². The summed E-state index contributed by atoms with van der Waals surface area (Å²) in [6, 6.07) is 9.09. The monoisotopic (exact) mass is 291 g/mol. The van der Waals surface area contributed by atoms with Gasteiger partial charge in [-0.15, -0.1) is 0 Å². The van der Waals surface area contributed by atoms with Gasteiger partial charge in [0.25, 0.3) is 11.8 Å². The Morgan fingerprint density at radius 1 is 1.05 bits per heavy atom. The van der Waals surface area contributed by atoms with Crippen LogP contribution < -0.4 is 15.5 Å². The molecule has 1 aliphatic rings. The molecule has 0 bridgehead atoms. The van der Waals surface area contributed by atoms with E-state index in [1.807, 2.05) is 23.2 Å². The van der Waals surface area contributed by atoms with E-state index in [0.717, 1.165) is 25.9 Å². The van der Waals surface area contributed by atoms with Crippen LogP contribution in [0, 0.1) is 0 Å². The molecule has 2 amide bonds. The molecule has 6 heteroatoms. The van der Waals surface area contributed by atoms with Crippen LogP contribution in [0.3, 0.4) is 0 Å². The van der Waals surface area contributed by atoms with Crippen molar-refractivity contribution >= 4 is 11.8 Å². The van der Waals surface area contributed by atoms with E-state index in [-0.39, 0.29) is 25.0 Å². The molecule has 0 unspecified atom stereocenters. The summed E-state index contributed by atoms with van der Waals surface area (Å²) in [5.74, 6) is 0.114. The molecule has 1 fully saturated rings. The zero-order valence-electron chi connectivity index (χ0n) is 12.0. The largest absolute Gasteiger partial charge is 0.484 e. The quantitative estimate of drug-likeness (QED) is 0.809. The molecule has 1 heterocycles. The number of nitrogens with one attached hydrogen (secondary N) is 2. The van der Waals surface area contributed by atoms with Gasteiger partial charge in [0.15, 0.2) is 6.61 Å². The average Bonchev–Trinajstić information content (AvgIpc) is 2.53. The Bertz CT molecular complexity index is 458. The van der Waals surface area contributed by atoms with Gasteiger partial charge in [-0.3, -0.25) is 15.0 Å². The highest BCUT2D eigenvalue weighted by atomic mass is 16.5. The maximum absolute atomic E-state index is 11.7. The number of hydrogen-bond acceptors (Lipinski definition) is 4.